The molecule has 1 unspecified atom stereocenters. The first-order valence-electron chi connectivity index (χ1n) is 10.4. The van der Waals surface area contributed by atoms with Crippen LogP contribution < -0.4 is 10.6 Å². The Balaban J connectivity index is 1.92. The van der Waals surface area contributed by atoms with Crippen molar-refractivity contribution in [3.05, 3.63) is 41.7 Å². The highest BCUT2D eigenvalue weighted by Gasteiger charge is 2.30. The van der Waals surface area contributed by atoms with Crippen molar-refractivity contribution in [2.75, 3.05) is 25.0 Å². The second-order valence-electron chi connectivity index (χ2n) is 9.14. The molecule has 1 amide bonds. The van der Waals surface area contributed by atoms with Crippen molar-refractivity contribution in [1.29, 1.82) is 0 Å². The molecule has 2 aromatic heterocycles. The highest BCUT2D eigenvalue weighted by atomic mass is 16.3. The lowest BCUT2D eigenvalue weighted by Crippen LogP contribution is -2.44. The fraction of sp³-hybridized carbons (Fsp3) is 0.591. The number of hydrogen-bond acceptors (Lipinski definition) is 6. The second-order valence-corrected chi connectivity index (χ2v) is 9.14. The minimum absolute atomic E-state index is 0.0187. The van der Waals surface area contributed by atoms with E-state index in [1.807, 2.05) is 17.0 Å². The summed E-state index contributed by atoms with van der Waals surface area (Å²) in [5.74, 6) is 2.42. The molecule has 1 fully saturated rings. The maximum atomic E-state index is 13.6. The average Bonchev–Trinajstić information content (AvgIpc) is 3.36. The molecule has 3 heterocycles. The molecule has 3 rings (SSSR count). The molecule has 2 aromatic rings. The van der Waals surface area contributed by atoms with Gasteiger partial charge in [-0.25, -0.2) is 9.97 Å². The molecule has 2 N–H and O–H groups in total. The molecule has 1 saturated heterocycles. The van der Waals surface area contributed by atoms with Crippen molar-refractivity contribution in [3.63, 3.8) is 0 Å². The van der Waals surface area contributed by atoms with E-state index in [0.29, 0.717) is 36.2 Å². The van der Waals surface area contributed by atoms with Gasteiger partial charge in [0.25, 0.3) is 5.91 Å². The van der Waals surface area contributed by atoms with E-state index in [2.05, 4.69) is 50.2 Å². The molecule has 1 aliphatic heterocycles. The number of rotatable bonds is 7. The van der Waals surface area contributed by atoms with E-state index >= 15 is 0 Å². The van der Waals surface area contributed by atoms with Gasteiger partial charge in [0.15, 0.2) is 0 Å². The fourth-order valence-electron chi connectivity index (χ4n) is 3.47. The van der Waals surface area contributed by atoms with Gasteiger partial charge >= 0.3 is 0 Å². The Morgan fingerprint density at radius 3 is 2.79 bits per heavy atom. The summed E-state index contributed by atoms with van der Waals surface area (Å²) in [4.78, 5) is 24.8. The molecule has 0 bridgehead atoms. The monoisotopic (exact) mass is 399 g/mol. The number of nitrogens with zero attached hydrogens (tertiary/aromatic N) is 3. The molecule has 0 aromatic carbocycles. The van der Waals surface area contributed by atoms with Gasteiger partial charge in [-0.3, -0.25) is 4.79 Å². The summed E-state index contributed by atoms with van der Waals surface area (Å²) in [5.41, 5.74) is 0.299. The van der Waals surface area contributed by atoms with Crippen LogP contribution in [0.25, 0.3) is 0 Å². The zero-order chi connectivity index (χ0) is 21.0. The maximum absolute atomic E-state index is 13.6. The molecule has 29 heavy (non-hydrogen) atoms. The predicted octanol–water partition coefficient (Wildman–Crippen LogP) is 3.44. The van der Waals surface area contributed by atoms with Crippen molar-refractivity contribution in [3.8, 4) is 0 Å². The Morgan fingerprint density at radius 1 is 1.41 bits per heavy atom. The van der Waals surface area contributed by atoms with Crippen LogP contribution in [0, 0.1) is 5.92 Å². The van der Waals surface area contributed by atoms with Gasteiger partial charge in [0, 0.05) is 30.7 Å². The molecule has 0 saturated carbocycles. The summed E-state index contributed by atoms with van der Waals surface area (Å²) in [7, 11) is 0. The normalized spacial score (nSPS) is 17.0. The fourth-order valence-corrected chi connectivity index (χ4v) is 3.47. The number of aromatic nitrogens is 2. The molecular weight excluding hydrogens is 366 g/mol. The van der Waals surface area contributed by atoms with Crippen LogP contribution in [0.15, 0.2) is 29.0 Å². The lowest BCUT2D eigenvalue weighted by molar-refractivity contribution is 0.0667. The van der Waals surface area contributed by atoms with Crippen molar-refractivity contribution in [1.82, 2.24) is 20.2 Å². The number of amides is 1. The summed E-state index contributed by atoms with van der Waals surface area (Å²) in [6.45, 7) is 13.4. The molecule has 158 valence electrons. The summed E-state index contributed by atoms with van der Waals surface area (Å²) < 4.78 is 5.42. The minimum atomic E-state index is -0.213. The standard InChI is InChI=1S/C22H33N5O2/c1-15(2)14-27(16-8-9-23-11-16)20(28)18-13-25-21(22(3,4)5)26-19(18)24-12-17-7-6-10-29-17/h6-7,10,13,15-16,23H,8-9,11-12,14H2,1-5H3,(H,24,25,26). The zero-order valence-electron chi connectivity index (χ0n) is 18.2. The van der Waals surface area contributed by atoms with Crippen LogP contribution in [0.5, 0.6) is 0 Å². The third kappa shape index (κ3) is 5.35. The van der Waals surface area contributed by atoms with Crippen molar-refractivity contribution < 1.29 is 9.21 Å². The second kappa shape index (κ2) is 8.95. The van der Waals surface area contributed by atoms with Crippen LogP contribution in [-0.4, -0.2) is 46.5 Å². The number of furan rings is 1. The molecule has 0 spiro atoms. The summed E-state index contributed by atoms with van der Waals surface area (Å²) in [6, 6.07) is 3.95. The minimum Gasteiger partial charge on any atom is -0.467 e. The van der Waals surface area contributed by atoms with Crippen LogP contribution >= 0.6 is 0 Å². The van der Waals surface area contributed by atoms with E-state index < -0.39 is 0 Å². The summed E-state index contributed by atoms with van der Waals surface area (Å²) in [6.07, 6.45) is 4.28. The largest absolute Gasteiger partial charge is 0.467 e. The summed E-state index contributed by atoms with van der Waals surface area (Å²) in [5, 5.41) is 6.67. The average molecular weight is 400 g/mol. The SMILES string of the molecule is CC(C)CN(C(=O)c1cnc(C(C)(C)C)nc1NCc1ccco1)C1CCNC1. The first-order valence-corrected chi connectivity index (χ1v) is 10.4. The molecular formula is C22H33N5O2. The van der Waals surface area contributed by atoms with Gasteiger partial charge in [-0.05, 0) is 31.0 Å². The van der Waals surface area contributed by atoms with E-state index in [1.165, 1.54) is 0 Å². The lowest BCUT2D eigenvalue weighted by atomic mass is 9.95. The van der Waals surface area contributed by atoms with Gasteiger partial charge in [-0.1, -0.05) is 34.6 Å². The molecule has 1 aliphatic rings. The van der Waals surface area contributed by atoms with Crippen LogP contribution in [0.2, 0.25) is 0 Å². The quantitative estimate of drug-likeness (QED) is 0.742. The Kier molecular flexibility index (Phi) is 6.57. The molecule has 7 nitrogen and oxygen atoms in total. The number of carbonyl (C=O) groups is 1. The highest BCUT2D eigenvalue weighted by molar-refractivity contribution is 5.98. The van der Waals surface area contributed by atoms with Gasteiger partial charge in [-0.15, -0.1) is 0 Å². The Hall–Kier alpha value is -2.41. The third-order valence-corrected chi connectivity index (χ3v) is 5.00. The number of carbonyl (C=O) groups excluding carboxylic acids is 1. The van der Waals surface area contributed by atoms with E-state index in [1.54, 1.807) is 12.5 Å². The van der Waals surface area contributed by atoms with Crippen molar-refractivity contribution in [2.45, 2.75) is 59.0 Å². The first-order chi connectivity index (χ1) is 13.8. The van der Waals surface area contributed by atoms with E-state index in [0.717, 1.165) is 25.3 Å². The van der Waals surface area contributed by atoms with Crippen LogP contribution in [0.4, 0.5) is 5.82 Å². The Morgan fingerprint density at radius 2 is 2.21 bits per heavy atom. The third-order valence-electron chi connectivity index (χ3n) is 5.00. The van der Waals surface area contributed by atoms with Gasteiger partial charge in [-0.2, -0.15) is 0 Å². The topological polar surface area (TPSA) is 83.3 Å². The van der Waals surface area contributed by atoms with Crippen molar-refractivity contribution >= 4 is 11.7 Å². The van der Waals surface area contributed by atoms with Gasteiger partial charge < -0.3 is 20.0 Å². The van der Waals surface area contributed by atoms with Crippen molar-refractivity contribution in [2.24, 2.45) is 5.92 Å². The van der Waals surface area contributed by atoms with Gasteiger partial charge in [0.05, 0.1) is 12.8 Å². The van der Waals surface area contributed by atoms with Gasteiger partial charge in [0.1, 0.15) is 23.0 Å². The first kappa shape index (κ1) is 21.3. The van der Waals surface area contributed by atoms with E-state index in [4.69, 9.17) is 9.40 Å². The molecule has 1 atom stereocenters. The smallest absolute Gasteiger partial charge is 0.259 e. The number of nitrogens with one attached hydrogen (secondary N) is 2. The lowest BCUT2D eigenvalue weighted by Gasteiger charge is -2.31. The van der Waals surface area contributed by atoms with E-state index in [9.17, 15) is 4.79 Å². The number of hydrogen-bond donors (Lipinski definition) is 2. The van der Waals surface area contributed by atoms with Gasteiger partial charge in [0.2, 0.25) is 0 Å². The van der Waals surface area contributed by atoms with Crippen LogP contribution in [0.3, 0.4) is 0 Å². The Labute approximate surface area is 173 Å². The summed E-state index contributed by atoms with van der Waals surface area (Å²) >= 11 is 0. The predicted molar refractivity (Wildman–Crippen MR) is 114 cm³/mol. The molecule has 0 radical (unpaired) electrons. The Bertz CT molecular complexity index is 805. The highest BCUT2D eigenvalue weighted by Crippen LogP contribution is 2.24. The van der Waals surface area contributed by atoms with Crippen LogP contribution in [-0.2, 0) is 12.0 Å². The molecule has 7 heteroatoms. The zero-order valence-corrected chi connectivity index (χ0v) is 18.2. The van der Waals surface area contributed by atoms with E-state index in [-0.39, 0.29) is 17.4 Å². The molecule has 0 aliphatic carbocycles. The number of anilines is 1. The van der Waals surface area contributed by atoms with Crippen LogP contribution in [0.1, 0.15) is 63.0 Å². The maximum Gasteiger partial charge on any atom is 0.259 e.